The molecule has 1 aliphatic rings. The van der Waals surface area contributed by atoms with Crippen LogP contribution in [-0.4, -0.2) is 49.1 Å². The highest BCUT2D eigenvalue weighted by atomic mass is 32.2. The zero-order valence-corrected chi connectivity index (χ0v) is 11.1. The Morgan fingerprint density at radius 2 is 2.00 bits per heavy atom. The molecule has 0 aromatic heterocycles. The van der Waals surface area contributed by atoms with Crippen LogP contribution in [0.25, 0.3) is 0 Å². The molecule has 0 aliphatic carbocycles. The number of nitrogens with zero attached hydrogens (tertiary/aromatic N) is 2. The largest absolute Gasteiger partial charge is 0.480 e. The molecule has 1 saturated heterocycles. The minimum Gasteiger partial charge on any atom is -0.480 e. The van der Waals surface area contributed by atoms with Crippen molar-refractivity contribution in [3.8, 4) is 0 Å². The topological polar surface area (TPSA) is 60.9 Å². The first kappa shape index (κ1) is 13.6. The van der Waals surface area contributed by atoms with Gasteiger partial charge in [0.25, 0.3) is 0 Å². The Bertz CT molecular complexity index is 304. The van der Waals surface area contributed by atoms with Crippen molar-refractivity contribution in [3.05, 3.63) is 0 Å². The molecule has 16 heavy (non-hydrogen) atoms. The quantitative estimate of drug-likeness (QED) is 0.796. The Kier molecular flexibility index (Phi) is 4.09. The van der Waals surface area contributed by atoms with E-state index in [1.807, 2.05) is 4.31 Å². The van der Waals surface area contributed by atoms with Crippen LogP contribution in [0.2, 0.25) is 0 Å². The maximum absolute atomic E-state index is 12.1. The third-order valence-corrected chi connectivity index (χ3v) is 4.47. The van der Waals surface area contributed by atoms with Gasteiger partial charge in [-0.2, -0.15) is 4.31 Å². The van der Waals surface area contributed by atoms with Crippen LogP contribution in [0.1, 0.15) is 27.7 Å². The number of hydrogen-bond donors (Lipinski definition) is 1. The van der Waals surface area contributed by atoms with Gasteiger partial charge in [0.15, 0.2) is 11.2 Å². The van der Waals surface area contributed by atoms with Gasteiger partial charge in [-0.3, -0.25) is 4.79 Å². The van der Waals surface area contributed by atoms with E-state index in [4.69, 9.17) is 5.11 Å². The molecule has 6 heteroatoms. The molecule has 0 aromatic rings. The summed E-state index contributed by atoms with van der Waals surface area (Å²) in [5.41, 5.74) is -1.07. The second-order valence-corrected chi connectivity index (χ2v) is 6.40. The molecule has 1 atom stereocenters. The van der Waals surface area contributed by atoms with Gasteiger partial charge >= 0.3 is 5.97 Å². The van der Waals surface area contributed by atoms with Gasteiger partial charge < -0.3 is 5.11 Å². The summed E-state index contributed by atoms with van der Waals surface area (Å²) < 4.78 is 15.5. The Labute approximate surface area is 99.1 Å². The highest BCUT2D eigenvalue weighted by Gasteiger charge is 2.43. The van der Waals surface area contributed by atoms with Crippen LogP contribution < -0.4 is 0 Å². The Morgan fingerprint density at radius 1 is 1.44 bits per heavy atom. The minimum atomic E-state index is -1.32. The third kappa shape index (κ3) is 2.61. The highest BCUT2D eigenvalue weighted by Crippen LogP contribution is 2.24. The number of carboxylic acids is 1. The first-order valence-electron chi connectivity index (χ1n) is 5.44. The van der Waals surface area contributed by atoms with Gasteiger partial charge in [0.1, 0.15) is 5.54 Å². The molecular weight excluding hydrogens is 228 g/mol. The monoisotopic (exact) mass is 248 g/mol. The average Bonchev–Trinajstić information content (AvgIpc) is 2.47. The fourth-order valence-electron chi connectivity index (χ4n) is 1.64. The molecule has 5 nitrogen and oxygen atoms in total. The van der Waals surface area contributed by atoms with Crippen molar-refractivity contribution in [2.45, 2.75) is 33.2 Å². The van der Waals surface area contributed by atoms with Crippen LogP contribution in [0.4, 0.5) is 0 Å². The standard InChI is InChI=1S/C10H20N2O3S/c1-8(2)7-11-5-6-12(16(11)15)10(3,4)9(13)14/h8H,5-7H2,1-4H3,(H,13,14). The van der Waals surface area contributed by atoms with Crippen LogP contribution in [0.5, 0.6) is 0 Å². The fourth-order valence-corrected chi connectivity index (χ4v) is 3.29. The van der Waals surface area contributed by atoms with Crippen LogP contribution in [0, 0.1) is 5.92 Å². The molecule has 1 heterocycles. The number of carboxylic acid groups (broad SMARTS) is 1. The summed E-state index contributed by atoms with van der Waals surface area (Å²) in [6.45, 7) is 9.24. The number of rotatable bonds is 4. The van der Waals surface area contributed by atoms with Crippen molar-refractivity contribution in [3.63, 3.8) is 0 Å². The predicted octanol–water partition coefficient (Wildman–Crippen LogP) is 0.702. The van der Waals surface area contributed by atoms with Crippen molar-refractivity contribution in [1.29, 1.82) is 0 Å². The van der Waals surface area contributed by atoms with E-state index in [1.165, 1.54) is 4.31 Å². The molecule has 1 rings (SSSR count). The molecule has 0 radical (unpaired) electrons. The molecule has 94 valence electrons. The highest BCUT2D eigenvalue weighted by molar-refractivity contribution is 7.80. The summed E-state index contributed by atoms with van der Waals surface area (Å²) >= 11 is -1.32. The van der Waals surface area contributed by atoms with E-state index in [0.717, 1.165) is 6.54 Å². The Morgan fingerprint density at radius 3 is 2.44 bits per heavy atom. The van der Waals surface area contributed by atoms with Crippen molar-refractivity contribution >= 4 is 17.1 Å². The van der Waals surface area contributed by atoms with E-state index in [9.17, 15) is 9.00 Å². The zero-order chi connectivity index (χ0) is 12.5. The lowest BCUT2D eigenvalue weighted by molar-refractivity contribution is -0.146. The molecule has 0 saturated carbocycles. The SMILES string of the molecule is CC(C)CN1CCN(C(C)(C)C(=O)O)S1=O. The third-order valence-electron chi connectivity index (χ3n) is 2.68. The van der Waals surface area contributed by atoms with E-state index in [1.54, 1.807) is 13.8 Å². The number of carbonyl (C=O) groups is 1. The van der Waals surface area contributed by atoms with Gasteiger partial charge in [0, 0.05) is 19.6 Å². The Balaban J connectivity index is 2.74. The van der Waals surface area contributed by atoms with Gasteiger partial charge in [-0.25, -0.2) is 8.51 Å². The summed E-state index contributed by atoms with van der Waals surface area (Å²) in [5.74, 6) is -0.510. The van der Waals surface area contributed by atoms with Crippen LogP contribution in [0.3, 0.4) is 0 Å². The molecule has 0 bridgehead atoms. The van der Waals surface area contributed by atoms with Crippen molar-refractivity contribution in [1.82, 2.24) is 8.61 Å². The molecule has 0 aromatic carbocycles. The Hall–Kier alpha value is -0.460. The minimum absolute atomic E-state index is 0.428. The predicted molar refractivity (Wildman–Crippen MR) is 63.0 cm³/mol. The lowest BCUT2D eigenvalue weighted by Gasteiger charge is -2.29. The molecule has 1 N–H and O–H groups in total. The summed E-state index contributed by atoms with van der Waals surface area (Å²) in [4.78, 5) is 11.1. The summed E-state index contributed by atoms with van der Waals surface area (Å²) in [6, 6.07) is 0. The summed E-state index contributed by atoms with van der Waals surface area (Å²) in [5, 5.41) is 9.09. The van der Waals surface area contributed by atoms with Gasteiger partial charge in [-0.15, -0.1) is 0 Å². The number of aliphatic carboxylic acids is 1. The molecule has 1 fully saturated rings. The van der Waals surface area contributed by atoms with Gasteiger partial charge in [0.05, 0.1) is 0 Å². The van der Waals surface area contributed by atoms with Gasteiger partial charge in [-0.05, 0) is 19.8 Å². The molecule has 0 spiro atoms. The smallest absolute Gasteiger partial charge is 0.324 e. The average molecular weight is 248 g/mol. The second kappa shape index (κ2) is 4.81. The van der Waals surface area contributed by atoms with E-state index >= 15 is 0 Å². The number of hydrogen-bond acceptors (Lipinski definition) is 2. The molecule has 1 aliphatic heterocycles. The molecular formula is C10H20N2O3S. The molecule has 0 amide bonds. The van der Waals surface area contributed by atoms with Crippen LogP contribution >= 0.6 is 0 Å². The normalized spacial score (nSPS) is 24.2. The van der Waals surface area contributed by atoms with E-state index in [0.29, 0.717) is 19.0 Å². The van der Waals surface area contributed by atoms with E-state index in [2.05, 4.69) is 13.8 Å². The van der Waals surface area contributed by atoms with E-state index < -0.39 is 22.7 Å². The lowest BCUT2D eigenvalue weighted by Crippen LogP contribution is -2.49. The molecule has 1 unspecified atom stereocenters. The van der Waals surface area contributed by atoms with Crippen molar-refractivity contribution < 1.29 is 14.1 Å². The summed E-state index contributed by atoms with van der Waals surface area (Å²) in [6.07, 6.45) is 0. The van der Waals surface area contributed by atoms with Crippen molar-refractivity contribution in [2.24, 2.45) is 5.92 Å². The maximum Gasteiger partial charge on any atom is 0.324 e. The zero-order valence-electron chi connectivity index (χ0n) is 10.3. The second-order valence-electron chi connectivity index (χ2n) is 4.98. The van der Waals surface area contributed by atoms with Gasteiger partial charge in [0.2, 0.25) is 0 Å². The lowest BCUT2D eigenvalue weighted by atomic mass is 10.1. The first-order valence-corrected chi connectivity index (χ1v) is 6.51. The van der Waals surface area contributed by atoms with E-state index in [-0.39, 0.29) is 0 Å². The van der Waals surface area contributed by atoms with Gasteiger partial charge in [-0.1, -0.05) is 13.8 Å². The van der Waals surface area contributed by atoms with Crippen LogP contribution in [-0.2, 0) is 16.0 Å². The van der Waals surface area contributed by atoms with Crippen LogP contribution in [0.15, 0.2) is 0 Å². The summed E-state index contributed by atoms with van der Waals surface area (Å²) in [7, 11) is 0. The first-order chi connectivity index (χ1) is 7.26. The fraction of sp³-hybridized carbons (Fsp3) is 0.900. The van der Waals surface area contributed by atoms with Crippen molar-refractivity contribution in [2.75, 3.05) is 19.6 Å². The maximum atomic E-state index is 12.1.